The van der Waals surface area contributed by atoms with E-state index in [1.54, 1.807) is 0 Å². The zero-order chi connectivity index (χ0) is 19.5. The highest BCUT2D eigenvalue weighted by Crippen LogP contribution is 2.39. The normalized spacial score (nSPS) is 23.0. The average molecular weight is 370 g/mol. The largest absolute Gasteiger partial charge is 0.481 e. The van der Waals surface area contributed by atoms with E-state index in [2.05, 4.69) is 13.8 Å². The highest BCUT2D eigenvalue weighted by Gasteiger charge is 2.29. The van der Waals surface area contributed by atoms with Crippen LogP contribution >= 0.6 is 0 Å². The minimum atomic E-state index is -0.789. The van der Waals surface area contributed by atoms with Crippen LogP contribution in [0.5, 0.6) is 0 Å². The van der Waals surface area contributed by atoms with Crippen molar-refractivity contribution in [1.82, 2.24) is 0 Å². The van der Waals surface area contributed by atoms with Crippen molar-refractivity contribution in [3.63, 3.8) is 0 Å². The maximum Gasteiger partial charge on any atom is 0.305 e. The summed E-state index contributed by atoms with van der Waals surface area (Å²) in [7, 11) is 0. The van der Waals surface area contributed by atoms with Gasteiger partial charge in [0, 0.05) is 19.3 Å². The van der Waals surface area contributed by atoms with Crippen LogP contribution in [0, 0.1) is 23.7 Å². The third-order valence-electron chi connectivity index (χ3n) is 5.25. The Kier molecular flexibility index (Phi) is 10.3. The first-order valence-corrected chi connectivity index (χ1v) is 9.85. The molecular weight excluding hydrogens is 336 g/mol. The first kappa shape index (κ1) is 22.5. The first-order valence-electron chi connectivity index (χ1n) is 9.85. The van der Waals surface area contributed by atoms with Crippen LogP contribution in [0.1, 0.15) is 78.1 Å². The van der Waals surface area contributed by atoms with Gasteiger partial charge in [-0.15, -0.1) is 0 Å². The molecule has 0 heterocycles. The summed E-state index contributed by atoms with van der Waals surface area (Å²) in [4.78, 5) is 33.6. The Hall–Kier alpha value is -1.59. The third-order valence-corrected chi connectivity index (χ3v) is 5.25. The van der Waals surface area contributed by atoms with Crippen molar-refractivity contribution in [1.29, 1.82) is 0 Å². The van der Waals surface area contributed by atoms with Crippen molar-refractivity contribution >= 4 is 17.9 Å². The Balaban J connectivity index is 2.45. The zero-order valence-corrected chi connectivity index (χ0v) is 16.1. The topological polar surface area (TPSA) is 101 Å². The van der Waals surface area contributed by atoms with Crippen molar-refractivity contribution in [2.45, 2.75) is 78.1 Å². The average Bonchev–Trinajstić information content (AvgIpc) is 2.56. The highest BCUT2D eigenvalue weighted by atomic mass is 16.5. The molecule has 0 aliphatic heterocycles. The third kappa shape index (κ3) is 10.4. The molecule has 0 bridgehead atoms. The predicted molar refractivity (Wildman–Crippen MR) is 97.7 cm³/mol. The molecule has 0 aromatic heterocycles. The molecular formula is C20H34O6. The molecule has 0 aromatic rings. The van der Waals surface area contributed by atoms with Gasteiger partial charge in [-0.3, -0.25) is 14.4 Å². The summed E-state index contributed by atoms with van der Waals surface area (Å²) < 4.78 is 5.26. The van der Waals surface area contributed by atoms with Crippen LogP contribution in [0.15, 0.2) is 0 Å². The zero-order valence-electron chi connectivity index (χ0n) is 16.1. The van der Waals surface area contributed by atoms with Crippen LogP contribution < -0.4 is 0 Å². The van der Waals surface area contributed by atoms with E-state index in [0.717, 1.165) is 32.1 Å². The highest BCUT2D eigenvalue weighted by molar-refractivity contribution is 5.69. The van der Waals surface area contributed by atoms with E-state index in [4.69, 9.17) is 14.9 Å². The number of carboxylic acids is 2. The molecule has 1 aliphatic rings. The fourth-order valence-corrected chi connectivity index (χ4v) is 3.87. The first-order chi connectivity index (χ1) is 12.3. The van der Waals surface area contributed by atoms with Crippen molar-refractivity contribution in [3.8, 4) is 0 Å². The monoisotopic (exact) mass is 370 g/mol. The standard InChI is InChI=1S/C20H34O6/c1-14(2)9-10-26-20(25)8-5-17-12-15(3-6-18(21)22)11-16(13-17)4-7-19(23)24/h14-17H,3-13H2,1-2H3,(H,21,22)(H,23,24). The van der Waals surface area contributed by atoms with Gasteiger partial charge in [-0.25, -0.2) is 0 Å². The van der Waals surface area contributed by atoms with E-state index in [1.165, 1.54) is 0 Å². The van der Waals surface area contributed by atoms with Gasteiger partial charge in [-0.2, -0.15) is 0 Å². The molecule has 0 aromatic carbocycles. The van der Waals surface area contributed by atoms with E-state index in [1.807, 2.05) is 0 Å². The Labute approximate surface area is 156 Å². The van der Waals surface area contributed by atoms with Crippen LogP contribution in [0.2, 0.25) is 0 Å². The summed E-state index contributed by atoms with van der Waals surface area (Å²) in [6.07, 6.45) is 6.32. The summed E-state index contributed by atoms with van der Waals surface area (Å²) >= 11 is 0. The second-order valence-corrected chi connectivity index (χ2v) is 8.11. The van der Waals surface area contributed by atoms with Gasteiger partial charge in [0.25, 0.3) is 0 Å². The van der Waals surface area contributed by atoms with Crippen LogP contribution in [0.3, 0.4) is 0 Å². The Morgan fingerprint density at radius 3 is 1.65 bits per heavy atom. The molecule has 1 saturated carbocycles. The lowest BCUT2D eigenvalue weighted by atomic mass is 9.71. The van der Waals surface area contributed by atoms with Crippen molar-refractivity contribution in [2.75, 3.05) is 6.61 Å². The Bertz CT molecular complexity index is 433. The van der Waals surface area contributed by atoms with Crippen LogP contribution in [-0.2, 0) is 19.1 Å². The molecule has 1 aliphatic carbocycles. The maximum absolute atomic E-state index is 11.9. The summed E-state index contributed by atoms with van der Waals surface area (Å²) in [6.45, 7) is 4.64. The molecule has 6 heteroatoms. The number of carbonyl (C=O) groups excluding carboxylic acids is 1. The van der Waals surface area contributed by atoms with Crippen LogP contribution in [0.4, 0.5) is 0 Å². The van der Waals surface area contributed by atoms with Gasteiger partial charge < -0.3 is 14.9 Å². The van der Waals surface area contributed by atoms with Gasteiger partial charge in [-0.05, 0) is 68.6 Å². The van der Waals surface area contributed by atoms with Crippen molar-refractivity contribution in [3.05, 3.63) is 0 Å². The Morgan fingerprint density at radius 1 is 0.846 bits per heavy atom. The molecule has 6 nitrogen and oxygen atoms in total. The number of hydrogen-bond donors (Lipinski definition) is 2. The number of carboxylic acid groups (broad SMARTS) is 2. The van der Waals surface area contributed by atoms with E-state index in [-0.39, 0.29) is 18.8 Å². The lowest BCUT2D eigenvalue weighted by Gasteiger charge is -2.35. The van der Waals surface area contributed by atoms with Crippen molar-refractivity contribution < 1.29 is 29.3 Å². The fourth-order valence-electron chi connectivity index (χ4n) is 3.87. The number of carbonyl (C=O) groups is 3. The lowest BCUT2D eigenvalue weighted by molar-refractivity contribution is -0.144. The van der Waals surface area contributed by atoms with E-state index < -0.39 is 11.9 Å². The quantitative estimate of drug-likeness (QED) is 0.501. The van der Waals surface area contributed by atoms with E-state index in [0.29, 0.717) is 49.5 Å². The van der Waals surface area contributed by atoms with Gasteiger partial charge in [0.05, 0.1) is 6.61 Å². The number of hydrogen-bond acceptors (Lipinski definition) is 4. The van der Waals surface area contributed by atoms with E-state index in [9.17, 15) is 14.4 Å². The summed E-state index contributed by atoms with van der Waals surface area (Å²) in [5.41, 5.74) is 0. The molecule has 0 amide bonds. The molecule has 2 unspecified atom stereocenters. The predicted octanol–water partition coefficient (Wildman–Crippen LogP) is 4.12. The number of aliphatic carboxylic acids is 2. The molecule has 2 N–H and O–H groups in total. The second-order valence-electron chi connectivity index (χ2n) is 8.11. The molecule has 26 heavy (non-hydrogen) atoms. The van der Waals surface area contributed by atoms with Crippen LogP contribution in [0.25, 0.3) is 0 Å². The fraction of sp³-hybridized carbons (Fsp3) is 0.850. The molecule has 0 saturated heterocycles. The maximum atomic E-state index is 11.9. The van der Waals surface area contributed by atoms with Crippen molar-refractivity contribution in [2.24, 2.45) is 23.7 Å². The van der Waals surface area contributed by atoms with Gasteiger partial charge >= 0.3 is 17.9 Å². The second kappa shape index (κ2) is 11.9. The number of rotatable bonds is 12. The minimum Gasteiger partial charge on any atom is -0.481 e. The summed E-state index contributed by atoms with van der Waals surface area (Å²) in [5, 5.41) is 17.8. The summed E-state index contributed by atoms with van der Waals surface area (Å²) in [5.74, 6) is -0.280. The molecule has 1 fully saturated rings. The van der Waals surface area contributed by atoms with Gasteiger partial charge in [0.2, 0.25) is 0 Å². The molecule has 150 valence electrons. The van der Waals surface area contributed by atoms with Gasteiger partial charge in [-0.1, -0.05) is 13.8 Å². The smallest absolute Gasteiger partial charge is 0.305 e. The summed E-state index contributed by atoms with van der Waals surface area (Å²) in [6, 6.07) is 0. The van der Waals surface area contributed by atoms with Gasteiger partial charge in [0.15, 0.2) is 0 Å². The number of esters is 1. The molecule has 0 radical (unpaired) electrons. The molecule has 0 spiro atoms. The Morgan fingerprint density at radius 2 is 1.27 bits per heavy atom. The SMILES string of the molecule is CC(C)CCOC(=O)CCC1CC(CCC(=O)O)CC(CCC(=O)O)C1. The molecule has 2 atom stereocenters. The number of ether oxygens (including phenoxy) is 1. The lowest BCUT2D eigenvalue weighted by Crippen LogP contribution is -2.25. The molecule has 1 rings (SSSR count). The van der Waals surface area contributed by atoms with Crippen LogP contribution in [-0.4, -0.2) is 34.7 Å². The van der Waals surface area contributed by atoms with Gasteiger partial charge in [0.1, 0.15) is 0 Å². The van der Waals surface area contributed by atoms with E-state index >= 15 is 0 Å². The minimum absolute atomic E-state index is 0.153.